The average Bonchev–Trinajstić information content (AvgIpc) is 2.66. The molecule has 2 rings (SSSR count). The van der Waals surface area contributed by atoms with Crippen LogP contribution < -0.4 is 0 Å². The summed E-state index contributed by atoms with van der Waals surface area (Å²) < 4.78 is 0. The summed E-state index contributed by atoms with van der Waals surface area (Å²) in [5, 5.41) is 19.9. The van der Waals surface area contributed by atoms with Crippen molar-refractivity contribution in [2.75, 3.05) is 6.61 Å². The van der Waals surface area contributed by atoms with Crippen LogP contribution in [-0.2, 0) is 6.54 Å². The third kappa shape index (κ3) is 1.76. The highest BCUT2D eigenvalue weighted by molar-refractivity contribution is 5.99. The molecule has 1 heterocycles. The fraction of sp³-hybridized carbons (Fsp3) is 0.364. The van der Waals surface area contributed by atoms with E-state index in [1.807, 2.05) is 0 Å². The summed E-state index contributed by atoms with van der Waals surface area (Å²) in [6, 6.07) is 4.13. The Labute approximate surface area is 97.6 Å². The molecule has 1 N–H and O–H groups in total. The quantitative estimate of drug-likeness (QED) is 0.625. The number of nitro benzene ring substituents is 1. The molecule has 1 unspecified atom stereocenters. The molecule has 1 amide bonds. The first-order valence-electron chi connectivity index (χ1n) is 5.24. The first-order chi connectivity index (χ1) is 8.06. The van der Waals surface area contributed by atoms with Gasteiger partial charge in [0.15, 0.2) is 0 Å². The van der Waals surface area contributed by atoms with E-state index in [2.05, 4.69) is 0 Å². The Morgan fingerprint density at radius 1 is 1.59 bits per heavy atom. The lowest BCUT2D eigenvalue weighted by molar-refractivity contribution is -0.385. The fourth-order valence-corrected chi connectivity index (χ4v) is 1.96. The number of hydrogen-bond acceptors (Lipinski definition) is 4. The van der Waals surface area contributed by atoms with Crippen molar-refractivity contribution >= 4 is 11.6 Å². The number of benzene rings is 1. The number of aliphatic hydroxyl groups is 1. The zero-order chi connectivity index (χ0) is 12.6. The highest BCUT2D eigenvalue weighted by atomic mass is 16.6. The summed E-state index contributed by atoms with van der Waals surface area (Å²) in [6.45, 7) is 1.73. The van der Waals surface area contributed by atoms with Gasteiger partial charge in [0.25, 0.3) is 11.6 Å². The molecule has 1 atom stereocenters. The summed E-state index contributed by atoms with van der Waals surface area (Å²) in [7, 11) is 0. The Kier molecular flexibility index (Phi) is 2.81. The lowest BCUT2D eigenvalue weighted by atomic mass is 10.1. The lowest BCUT2D eigenvalue weighted by Crippen LogP contribution is -2.35. The van der Waals surface area contributed by atoms with Crippen LogP contribution in [0.4, 0.5) is 5.69 Å². The Bertz CT molecular complexity index is 486. The van der Waals surface area contributed by atoms with Crippen molar-refractivity contribution in [3.05, 3.63) is 39.4 Å². The van der Waals surface area contributed by atoms with Gasteiger partial charge in [-0.25, -0.2) is 0 Å². The molecule has 0 radical (unpaired) electrons. The van der Waals surface area contributed by atoms with Crippen LogP contribution in [0.3, 0.4) is 0 Å². The predicted octanol–water partition coefficient (Wildman–Crippen LogP) is 0.931. The maximum absolute atomic E-state index is 12.0. The minimum atomic E-state index is -0.487. The molecule has 1 aromatic carbocycles. The van der Waals surface area contributed by atoms with E-state index in [1.54, 1.807) is 13.0 Å². The van der Waals surface area contributed by atoms with E-state index in [0.717, 1.165) is 0 Å². The van der Waals surface area contributed by atoms with E-state index < -0.39 is 4.92 Å². The van der Waals surface area contributed by atoms with Crippen molar-refractivity contribution in [3.63, 3.8) is 0 Å². The normalized spacial score (nSPS) is 15.9. The monoisotopic (exact) mass is 236 g/mol. The van der Waals surface area contributed by atoms with Gasteiger partial charge in [-0.1, -0.05) is 6.07 Å². The second-order valence-corrected chi connectivity index (χ2v) is 4.03. The average molecular weight is 236 g/mol. The number of hydrogen-bond donors (Lipinski definition) is 1. The van der Waals surface area contributed by atoms with Gasteiger partial charge in [-0.2, -0.15) is 0 Å². The smallest absolute Gasteiger partial charge is 0.275 e. The first-order valence-corrected chi connectivity index (χ1v) is 5.24. The molecule has 0 saturated heterocycles. The van der Waals surface area contributed by atoms with E-state index >= 15 is 0 Å². The molecule has 0 aromatic heterocycles. The van der Waals surface area contributed by atoms with Gasteiger partial charge in [-0.3, -0.25) is 14.9 Å². The van der Waals surface area contributed by atoms with Crippen LogP contribution >= 0.6 is 0 Å². The van der Waals surface area contributed by atoms with Crippen molar-refractivity contribution in [2.45, 2.75) is 19.5 Å². The molecular formula is C11H12N2O4. The highest BCUT2D eigenvalue weighted by Crippen LogP contribution is 2.31. The van der Waals surface area contributed by atoms with Crippen LogP contribution in [-0.4, -0.2) is 33.5 Å². The zero-order valence-corrected chi connectivity index (χ0v) is 9.29. The standard InChI is InChI=1S/C11H12N2O4/c1-7(6-14)12-5-9-8(11(12)15)3-2-4-10(9)13(16)17/h2-4,7,14H,5-6H2,1H3. The number of carbonyl (C=O) groups is 1. The topological polar surface area (TPSA) is 83.7 Å². The van der Waals surface area contributed by atoms with E-state index in [1.165, 1.54) is 17.0 Å². The molecule has 1 aliphatic heterocycles. The van der Waals surface area contributed by atoms with Crippen molar-refractivity contribution in [1.29, 1.82) is 0 Å². The van der Waals surface area contributed by atoms with Crippen LogP contribution in [0.5, 0.6) is 0 Å². The number of fused-ring (bicyclic) bond motifs is 1. The van der Waals surface area contributed by atoms with Gasteiger partial charge in [0, 0.05) is 6.07 Å². The molecular weight excluding hydrogens is 224 g/mol. The molecule has 0 saturated carbocycles. The maximum atomic E-state index is 12.0. The molecule has 6 heteroatoms. The van der Waals surface area contributed by atoms with Gasteiger partial charge >= 0.3 is 0 Å². The molecule has 90 valence electrons. The van der Waals surface area contributed by atoms with E-state index in [9.17, 15) is 14.9 Å². The highest BCUT2D eigenvalue weighted by Gasteiger charge is 2.35. The SMILES string of the molecule is CC(CO)N1Cc2c(cccc2[N+](=O)[O-])C1=O. The van der Waals surface area contributed by atoms with Crippen LogP contribution in [0.2, 0.25) is 0 Å². The Hall–Kier alpha value is -1.95. The van der Waals surface area contributed by atoms with Gasteiger partial charge in [0.2, 0.25) is 0 Å². The lowest BCUT2D eigenvalue weighted by Gasteiger charge is -2.21. The maximum Gasteiger partial charge on any atom is 0.275 e. The Morgan fingerprint density at radius 3 is 2.88 bits per heavy atom. The van der Waals surface area contributed by atoms with E-state index in [4.69, 9.17) is 5.11 Å². The molecule has 0 fully saturated rings. The summed E-state index contributed by atoms with van der Waals surface area (Å²) in [4.78, 5) is 23.8. The van der Waals surface area contributed by atoms with Crippen molar-refractivity contribution in [3.8, 4) is 0 Å². The summed E-state index contributed by atoms with van der Waals surface area (Å²) in [5.41, 5.74) is 0.755. The number of carbonyl (C=O) groups excluding carboxylic acids is 1. The number of rotatable bonds is 3. The molecule has 0 bridgehead atoms. The van der Waals surface area contributed by atoms with Crippen LogP contribution in [0, 0.1) is 10.1 Å². The largest absolute Gasteiger partial charge is 0.394 e. The molecule has 17 heavy (non-hydrogen) atoms. The van der Waals surface area contributed by atoms with Gasteiger partial charge in [0.05, 0.1) is 35.2 Å². The minimum Gasteiger partial charge on any atom is -0.394 e. The van der Waals surface area contributed by atoms with Crippen molar-refractivity contribution in [2.24, 2.45) is 0 Å². The van der Waals surface area contributed by atoms with Crippen molar-refractivity contribution < 1.29 is 14.8 Å². The third-order valence-electron chi connectivity index (χ3n) is 2.96. The van der Waals surface area contributed by atoms with Crippen molar-refractivity contribution in [1.82, 2.24) is 4.90 Å². The molecule has 1 aromatic rings. The fourth-order valence-electron chi connectivity index (χ4n) is 1.96. The third-order valence-corrected chi connectivity index (χ3v) is 2.96. The van der Waals surface area contributed by atoms with Crippen LogP contribution in [0.25, 0.3) is 0 Å². The zero-order valence-electron chi connectivity index (χ0n) is 9.29. The first kappa shape index (κ1) is 11.5. The Balaban J connectivity index is 2.44. The van der Waals surface area contributed by atoms with Crippen LogP contribution in [0.15, 0.2) is 18.2 Å². The number of aliphatic hydroxyl groups excluding tert-OH is 1. The number of nitro groups is 1. The summed E-state index contributed by atoms with van der Waals surface area (Å²) in [6.07, 6.45) is 0. The van der Waals surface area contributed by atoms with Gasteiger partial charge in [0.1, 0.15) is 0 Å². The molecule has 6 nitrogen and oxygen atoms in total. The minimum absolute atomic E-state index is 0.0384. The second kappa shape index (κ2) is 4.14. The number of nitrogens with zero attached hydrogens (tertiary/aromatic N) is 2. The molecule has 0 aliphatic carbocycles. The van der Waals surface area contributed by atoms with Crippen LogP contribution in [0.1, 0.15) is 22.8 Å². The van der Waals surface area contributed by atoms with Gasteiger partial charge in [-0.05, 0) is 13.0 Å². The second-order valence-electron chi connectivity index (χ2n) is 4.03. The predicted molar refractivity (Wildman–Crippen MR) is 59.5 cm³/mol. The van der Waals surface area contributed by atoms with Gasteiger partial charge in [-0.15, -0.1) is 0 Å². The number of amides is 1. The molecule has 1 aliphatic rings. The molecule has 0 spiro atoms. The Morgan fingerprint density at radius 2 is 2.29 bits per heavy atom. The van der Waals surface area contributed by atoms with E-state index in [0.29, 0.717) is 11.1 Å². The summed E-state index contributed by atoms with van der Waals surface area (Å²) in [5.74, 6) is -0.259. The van der Waals surface area contributed by atoms with Gasteiger partial charge < -0.3 is 10.0 Å². The summed E-state index contributed by atoms with van der Waals surface area (Å²) >= 11 is 0. The van der Waals surface area contributed by atoms with E-state index in [-0.39, 0.29) is 30.8 Å².